The third-order valence-electron chi connectivity index (χ3n) is 3.69. The largest absolute Gasteiger partial charge is 0.496 e. The molecule has 2 rings (SSSR count). The van der Waals surface area contributed by atoms with Gasteiger partial charge in [-0.15, -0.1) is 0 Å². The second kappa shape index (κ2) is 6.77. The van der Waals surface area contributed by atoms with E-state index in [-0.39, 0.29) is 6.04 Å². The van der Waals surface area contributed by atoms with Gasteiger partial charge in [-0.3, -0.25) is 0 Å². The van der Waals surface area contributed by atoms with Crippen molar-refractivity contribution in [3.8, 4) is 5.75 Å². The molecule has 5 nitrogen and oxygen atoms in total. The number of rotatable bonds is 8. The summed E-state index contributed by atoms with van der Waals surface area (Å²) in [6, 6.07) is 5.27. The van der Waals surface area contributed by atoms with Crippen molar-refractivity contribution in [3.63, 3.8) is 0 Å². The van der Waals surface area contributed by atoms with Crippen LogP contribution in [0.4, 0.5) is 0 Å². The van der Waals surface area contributed by atoms with Crippen molar-refractivity contribution in [2.24, 2.45) is 0 Å². The zero-order chi connectivity index (χ0) is 15.5. The molecule has 1 N–H and O–H groups in total. The van der Waals surface area contributed by atoms with E-state index < -0.39 is 10.0 Å². The summed E-state index contributed by atoms with van der Waals surface area (Å²) in [6.45, 7) is 5.83. The van der Waals surface area contributed by atoms with Crippen LogP contribution in [-0.2, 0) is 16.6 Å². The lowest BCUT2D eigenvalue weighted by Crippen LogP contribution is -2.33. The van der Waals surface area contributed by atoms with Crippen molar-refractivity contribution in [2.75, 3.05) is 20.2 Å². The molecular formula is C15H24N2O3S. The lowest BCUT2D eigenvalue weighted by molar-refractivity contribution is 0.406. The second-order valence-electron chi connectivity index (χ2n) is 5.19. The number of benzene rings is 1. The molecule has 6 heteroatoms. The number of ether oxygens (including phenoxy) is 1. The SMILES string of the molecule is CCNCc1cc(S(=O)(=O)N(CC)C2CC2)ccc1OC. The molecule has 118 valence electrons. The summed E-state index contributed by atoms with van der Waals surface area (Å²) in [6.07, 6.45) is 1.93. The molecule has 21 heavy (non-hydrogen) atoms. The molecule has 1 fully saturated rings. The van der Waals surface area contributed by atoms with Crippen LogP contribution in [0.15, 0.2) is 23.1 Å². The van der Waals surface area contributed by atoms with Crippen molar-refractivity contribution < 1.29 is 13.2 Å². The van der Waals surface area contributed by atoms with Crippen LogP contribution in [0.5, 0.6) is 5.75 Å². The Labute approximate surface area is 127 Å². The second-order valence-corrected chi connectivity index (χ2v) is 7.08. The zero-order valence-electron chi connectivity index (χ0n) is 12.9. The molecule has 0 unspecified atom stereocenters. The molecule has 0 radical (unpaired) electrons. The van der Waals surface area contributed by atoms with Gasteiger partial charge in [0, 0.05) is 24.7 Å². The van der Waals surface area contributed by atoms with Gasteiger partial charge < -0.3 is 10.1 Å². The Morgan fingerprint density at radius 3 is 2.57 bits per heavy atom. The van der Waals surface area contributed by atoms with Gasteiger partial charge in [0.2, 0.25) is 10.0 Å². The maximum atomic E-state index is 12.7. The first-order valence-corrected chi connectivity index (χ1v) is 8.88. The van der Waals surface area contributed by atoms with Crippen LogP contribution >= 0.6 is 0 Å². The summed E-state index contributed by atoms with van der Waals surface area (Å²) in [5.74, 6) is 0.712. The minimum atomic E-state index is -3.41. The number of nitrogens with one attached hydrogen (secondary N) is 1. The summed E-state index contributed by atoms with van der Waals surface area (Å²) in [5.41, 5.74) is 0.868. The molecule has 0 spiro atoms. The Bertz CT molecular complexity index is 583. The Morgan fingerprint density at radius 2 is 2.05 bits per heavy atom. The Kier molecular flexibility index (Phi) is 5.24. The molecular weight excluding hydrogens is 288 g/mol. The van der Waals surface area contributed by atoms with Crippen LogP contribution in [0, 0.1) is 0 Å². The Hall–Kier alpha value is -1.11. The van der Waals surface area contributed by atoms with Crippen LogP contribution in [0.25, 0.3) is 0 Å². The van der Waals surface area contributed by atoms with E-state index in [1.165, 1.54) is 0 Å². The van der Waals surface area contributed by atoms with Crippen LogP contribution in [0.2, 0.25) is 0 Å². The molecule has 1 aliphatic carbocycles. The van der Waals surface area contributed by atoms with Gasteiger partial charge in [-0.05, 0) is 37.6 Å². The summed E-state index contributed by atoms with van der Waals surface area (Å²) >= 11 is 0. The summed E-state index contributed by atoms with van der Waals surface area (Å²) in [5, 5.41) is 3.21. The third kappa shape index (κ3) is 3.56. The first kappa shape index (κ1) is 16.3. The molecule has 0 atom stereocenters. The van der Waals surface area contributed by atoms with Crippen LogP contribution in [-0.4, -0.2) is 39.0 Å². The van der Waals surface area contributed by atoms with Gasteiger partial charge >= 0.3 is 0 Å². The van der Waals surface area contributed by atoms with Gasteiger partial charge in [0.25, 0.3) is 0 Å². The molecule has 0 aromatic heterocycles. The van der Waals surface area contributed by atoms with E-state index in [4.69, 9.17) is 4.74 Å². The highest BCUT2D eigenvalue weighted by Gasteiger charge is 2.37. The smallest absolute Gasteiger partial charge is 0.243 e. The minimum Gasteiger partial charge on any atom is -0.496 e. The van der Waals surface area contributed by atoms with E-state index in [9.17, 15) is 8.42 Å². The van der Waals surface area contributed by atoms with E-state index in [1.54, 1.807) is 29.6 Å². The van der Waals surface area contributed by atoms with E-state index >= 15 is 0 Å². The molecule has 1 saturated carbocycles. The monoisotopic (exact) mass is 312 g/mol. The number of hydrogen-bond acceptors (Lipinski definition) is 4. The van der Waals surface area contributed by atoms with Crippen molar-refractivity contribution in [1.82, 2.24) is 9.62 Å². The molecule has 1 aliphatic rings. The topological polar surface area (TPSA) is 58.6 Å². The Morgan fingerprint density at radius 1 is 1.33 bits per heavy atom. The van der Waals surface area contributed by atoms with Gasteiger partial charge in [-0.25, -0.2) is 8.42 Å². The van der Waals surface area contributed by atoms with E-state index in [1.807, 2.05) is 13.8 Å². The minimum absolute atomic E-state index is 0.180. The molecule has 1 aromatic carbocycles. The Balaban J connectivity index is 2.34. The highest BCUT2D eigenvalue weighted by molar-refractivity contribution is 7.89. The van der Waals surface area contributed by atoms with Crippen molar-refractivity contribution >= 4 is 10.0 Å². The predicted octanol–water partition coefficient (Wildman–Crippen LogP) is 1.98. The highest BCUT2D eigenvalue weighted by Crippen LogP contribution is 2.33. The predicted molar refractivity (Wildman–Crippen MR) is 83.0 cm³/mol. The number of hydrogen-bond donors (Lipinski definition) is 1. The van der Waals surface area contributed by atoms with Crippen molar-refractivity contribution in [1.29, 1.82) is 0 Å². The summed E-state index contributed by atoms with van der Waals surface area (Å²) in [7, 11) is -1.81. The summed E-state index contributed by atoms with van der Waals surface area (Å²) in [4.78, 5) is 0.352. The van der Waals surface area contributed by atoms with Crippen molar-refractivity contribution in [2.45, 2.75) is 44.2 Å². The fourth-order valence-corrected chi connectivity index (χ4v) is 4.18. The number of sulfonamides is 1. The van der Waals surface area contributed by atoms with Gasteiger partial charge in [0.15, 0.2) is 0 Å². The van der Waals surface area contributed by atoms with E-state index in [0.29, 0.717) is 23.7 Å². The molecule has 0 bridgehead atoms. The molecule has 0 aliphatic heterocycles. The van der Waals surface area contributed by atoms with E-state index in [2.05, 4.69) is 5.32 Å². The zero-order valence-corrected chi connectivity index (χ0v) is 13.7. The summed E-state index contributed by atoms with van der Waals surface area (Å²) < 4.78 is 32.4. The van der Waals surface area contributed by atoms with Crippen LogP contribution < -0.4 is 10.1 Å². The quantitative estimate of drug-likeness (QED) is 0.797. The van der Waals surface area contributed by atoms with Gasteiger partial charge in [0.1, 0.15) is 5.75 Å². The van der Waals surface area contributed by atoms with Crippen LogP contribution in [0.1, 0.15) is 32.3 Å². The maximum Gasteiger partial charge on any atom is 0.243 e. The lowest BCUT2D eigenvalue weighted by atomic mass is 10.2. The molecule has 1 aromatic rings. The third-order valence-corrected chi connectivity index (χ3v) is 5.71. The van der Waals surface area contributed by atoms with Crippen LogP contribution in [0.3, 0.4) is 0 Å². The first-order valence-electron chi connectivity index (χ1n) is 7.44. The maximum absolute atomic E-state index is 12.7. The molecule has 0 amide bonds. The first-order chi connectivity index (χ1) is 10.0. The number of methoxy groups -OCH3 is 1. The molecule has 0 saturated heterocycles. The number of nitrogens with zero attached hydrogens (tertiary/aromatic N) is 1. The average molecular weight is 312 g/mol. The fourth-order valence-electron chi connectivity index (χ4n) is 2.44. The normalized spacial score (nSPS) is 15.4. The average Bonchev–Trinajstić information content (AvgIpc) is 3.29. The lowest BCUT2D eigenvalue weighted by Gasteiger charge is -2.21. The molecule has 0 heterocycles. The highest BCUT2D eigenvalue weighted by atomic mass is 32.2. The standard InChI is InChI=1S/C15H24N2O3S/c1-4-16-11-12-10-14(8-9-15(12)20-3)21(18,19)17(5-2)13-6-7-13/h8-10,13,16H,4-7,11H2,1-3H3. The van der Waals surface area contributed by atoms with Gasteiger partial charge in [-0.1, -0.05) is 13.8 Å². The fraction of sp³-hybridized carbons (Fsp3) is 0.600. The van der Waals surface area contributed by atoms with Crippen molar-refractivity contribution in [3.05, 3.63) is 23.8 Å². The van der Waals surface area contributed by atoms with E-state index in [0.717, 1.165) is 24.9 Å². The van der Waals surface area contributed by atoms with Gasteiger partial charge in [-0.2, -0.15) is 4.31 Å². The van der Waals surface area contributed by atoms with Gasteiger partial charge in [0.05, 0.1) is 12.0 Å².